The van der Waals surface area contributed by atoms with Gasteiger partial charge in [-0.15, -0.1) is 0 Å². The Morgan fingerprint density at radius 2 is 1.71 bits per heavy atom. The molecule has 0 spiro atoms. The third-order valence-electron chi connectivity index (χ3n) is 0. The molecule has 0 aromatic carbocycles. The van der Waals surface area contributed by atoms with Gasteiger partial charge in [-0.1, -0.05) is 0 Å². The molecule has 0 bridgehead atoms. The van der Waals surface area contributed by atoms with Crippen LogP contribution in [0.4, 0.5) is 0 Å². The number of carboxylic acid groups (broad SMARTS) is 1. The zero-order chi connectivity index (χ0) is 5.58. The van der Waals surface area contributed by atoms with Gasteiger partial charge in [0.2, 0.25) is 0 Å². The van der Waals surface area contributed by atoms with Gasteiger partial charge in [-0.05, 0) is 0 Å². The van der Waals surface area contributed by atoms with E-state index in [4.69, 9.17) is 21.7 Å². The molecule has 0 saturated carbocycles. The van der Waals surface area contributed by atoms with Gasteiger partial charge in [0.15, 0.2) is 0 Å². The monoisotopic (exact) mass is 109 g/mol. The van der Waals surface area contributed by atoms with E-state index in [-0.39, 0.29) is 29.6 Å². The summed E-state index contributed by atoms with van der Waals surface area (Å²) in [6.07, 6.45) is 0. The minimum atomic E-state index is -0.833. The standard InChI is InChI=1S/C2H4O2.CN.Na/c1-2(3)4;1-2;/h1H3,(H,3,4);;/q;-1;+1. The molecule has 0 fully saturated rings. The van der Waals surface area contributed by atoms with Gasteiger partial charge in [-0.25, -0.2) is 0 Å². The second-order valence-corrected chi connectivity index (χ2v) is 0.519. The maximum Gasteiger partial charge on any atom is 1.00 e. The number of hydrogen-bond donors (Lipinski definition) is 1. The summed E-state index contributed by atoms with van der Waals surface area (Å²) in [5.74, 6) is -0.833. The van der Waals surface area contributed by atoms with E-state index in [0.717, 1.165) is 6.92 Å². The van der Waals surface area contributed by atoms with Gasteiger partial charge in [0, 0.05) is 6.92 Å². The second kappa shape index (κ2) is 16.7. The Bertz CT molecular complexity index is 57.2. The molecule has 7 heavy (non-hydrogen) atoms. The average molecular weight is 109 g/mol. The summed E-state index contributed by atoms with van der Waals surface area (Å²) < 4.78 is 0. The Morgan fingerprint density at radius 1 is 1.71 bits per heavy atom. The molecule has 0 saturated heterocycles. The Morgan fingerprint density at radius 3 is 1.71 bits per heavy atom. The number of rotatable bonds is 0. The molecule has 0 amide bonds. The molecule has 0 radical (unpaired) electrons. The van der Waals surface area contributed by atoms with Crippen molar-refractivity contribution in [3.8, 4) is 0 Å². The van der Waals surface area contributed by atoms with Crippen molar-refractivity contribution in [2.75, 3.05) is 0 Å². The first-order valence-electron chi connectivity index (χ1n) is 1.15. The van der Waals surface area contributed by atoms with Crippen LogP contribution in [0.3, 0.4) is 0 Å². The van der Waals surface area contributed by atoms with E-state index in [1.165, 1.54) is 0 Å². The van der Waals surface area contributed by atoms with Crippen LogP contribution in [0.15, 0.2) is 0 Å². The Kier molecular flexibility index (Phi) is 37.7. The van der Waals surface area contributed by atoms with Crippen LogP contribution in [0.1, 0.15) is 6.92 Å². The molecule has 0 unspecified atom stereocenters. The van der Waals surface area contributed by atoms with Gasteiger partial charge in [0.1, 0.15) is 0 Å². The number of nitrogens with zero attached hydrogens (tertiary/aromatic N) is 1. The summed E-state index contributed by atoms with van der Waals surface area (Å²) >= 11 is 0. The molecule has 0 aromatic rings. The summed E-state index contributed by atoms with van der Waals surface area (Å²) in [6, 6.07) is 0. The van der Waals surface area contributed by atoms with Crippen LogP contribution in [0.5, 0.6) is 0 Å². The fourth-order valence-electron chi connectivity index (χ4n) is 0. The van der Waals surface area contributed by atoms with E-state index >= 15 is 0 Å². The maximum atomic E-state index is 9.00. The third kappa shape index (κ3) is 58400. The molecular formula is C3H4NNaO2. The Labute approximate surface area is 64.2 Å². The number of carbonyl (C=O) groups is 1. The largest absolute Gasteiger partial charge is 1.00 e. The molecule has 0 atom stereocenters. The molecule has 0 aliphatic heterocycles. The predicted octanol–water partition coefficient (Wildman–Crippen LogP) is -2.81. The van der Waals surface area contributed by atoms with Gasteiger partial charge in [-0.3, -0.25) is 4.79 Å². The van der Waals surface area contributed by atoms with Crippen molar-refractivity contribution < 1.29 is 39.5 Å². The van der Waals surface area contributed by atoms with E-state index in [1.807, 2.05) is 0 Å². The second-order valence-electron chi connectivity index (χ2n) is 0.519. The molecule has 0 aliphatic rings. The van der Waals surface area contributed by atoms with Crippen molar-refractivity contribution in [3.63, 3.8) is 0 Å². The predicted molar refractivity (Wildman–Crippen MR) is 18.3 cm³/mol. The fourth-order valence-corrected chi connectivity index (χ4v) is 0. The number of carboxylic acids is 1. The molecule has 0 aromatic heterocycles. The van der Waals surface area contributed by atoms with Gasteiger partial charge >= 0.3 is 29.6 Å². The van der Waals surface area contributed by atoms with Crippen LogP contribution >= 0.6 is 0 Å². The van der Waals surface area contributed by atoms with E-state index in [1.54, 1.807) is 0 Å². The molecule has 0 rings (SSSR count). The van der Waals surface area contributed by atoms with Crippen LogP contribution in [0.25, 0.3) is 0 Å². The van der Waals surface area contributed by atoms with Gasteiger partial charge < -0.3 is 16.9 Å². The first-order chi connectivity index (χ1) is 2.73. The molecule has 0 heterocycles. The van der Waals surface area contributed by atoms with Gasteiger partial charge in [-0.2, -0.15) is 0 Å². The average Bonchev–Trinajstić information content (AvgIpc) is 1.41. The van der Waals surface area contributed by atoms with Crippen LogP contribution in [0, 0.1) is 11.8 Å². The molecule has 1 N–H and O–H groups in total. The maximum absolute atomic E-state index is 9.00. The minimum absolute atomic E-state index is 0. The number of aliphatic carboxylic acids is 1. The zero-order valence-electron chi connectivity index (χ0n) is 4.30. The molecule has 34 valence electrons. The summed E-state index contributed by atoms with van der Waals surface area (Å²) in [5.41, 5.74) is 0. The van der Waals surface area contributed by atoms with Crippen molar-refractivity contribution in [2.45, 2.75) is 6.92 Å². The number of hydrogen-bond acceptors (Lipinski definition) is 2. The van der Waals surface area contributed by atoms with Crippen LogP contribution < -0.4 is 29.6 Å². The summed E-state index contributed by atoms with van der Waals surface area (Å²) in [5, 5.41) is 13.7. The normalized spacial score (nSPS) is 3.86. The third-order valence-corrected chi connectivity index (χ3v) is 0. The topological polar surface area (TPSA) is 61.1 Å². The summed E-state index contributed by atoms with van der Waals surface area (Å²) in [6.45, 7) is 5.83. The SMILES string of the molecule is CC(=O)O.[C-]#N.[Na+]. The van der Waals surface area contributed by atoms with Crippen molar-refractivity contribution in [2.24, 2.45) is 0 Å². The Hall–Kier alpha value is -0.0400. The molecule has 3 nitrogen and oxygen atoms in total. The smallest absolute Gasteiger partial charge is 0.512 e. The first-order valence-corrected chi connectivity index (χ1v) is 1.15. The van der Waals surface area contributed by atoms with E-state index in [2.05, 4.69) is 0 Å². The van der Waals surface area contributed by atoms with Crippen LogP contribution in [0.2, 0.25) is 0 Å². The minimum Gasteiger partial charge on any atom is -0.512 e. The van der Waals surface area contributed by atoms with Crippen molar-refractivity contribution in [1.82, 2.24) is 0 Å². The van der Waals surface area contributed by atoms with Crippen LogP contribution in [-0.2, 0) is 4.79 Å². The van der Waals surface area contributed by atoms with Crippen molar-refractivity contribution in [3.05, 3.63) is 6.57 Å². The first kappa shape index (κ1) is 15.8. The summed E-state index contributed by atoms with van der Waals surface area (Å²) in [7, 11) is 0. The molecule has 0 aliphatic carbocycles. The molecular weight excluding hydrogens is 105 g/mol. The quantitative estimate of drug-likeness (QED) is 0.270. The van der Waals surface area contributed by atoms with Crippen molar-refractivity contribution >= 4 is 5.97 Å². The van der Waals surface area contributed by atoms with E-state index < -0.39 is 5.97 Å². The Balaban J connectivity index is -0.0000000480. The zero-order valence-corrected chi connectivity index (χ0v) is 6.30. The van der Waals surface area contributed by atoms with Gasteiger partial charge in [0.25, 0.3) is 5.97 Å². The summed E-state index contributed by atoms with van der Waals surface area (Å²) in [4.78, 5) is 9.00. The fraction of sp³-hybridized carbons (Fsp3) is 0.333. The van der Waals surface area contributed by atoms with E-state index in [9.17, 15) is 0 Å². The van der Waals surface area contributed by atoms with Gasteiger partial charge in [0.05, 0.1) is 0 Å². The van der Waals surface area contributed by atoms with E-state index in [0.29, 0.717) is 0 Å². The van der Waals surface area contributed by atoms with Crippen LogP contribution in [-0.4, -0.2) is 11.1 Å². The van der Waals surface area contributed by atoms with Crippen molar-refractivity contribution in [1.29, 1.82) is 5.26 Å². The molecule has 4 heteroatoms.